The molecule has 1 saturated heterocycles. The summed E-state index contributed by atoms with van der Waals surface area (Å²) in [4.78, 5) is 25.6. The molecule has 0 spiro atoms. The van der Waals surface area contributed by atoms with Gasteiger partial charge in [-0.3, -0.25) is 9.59 Å². The first-order chi connectivity index (χ1) is 11.1. The summed E-state index contributed by atoms with van der Waals surface area (Å²) >= 11 is 0. The Labute approximate surface area is 132 Å². The van der Waals surface area contributed by atoms with Crippen LogP contribution in [0.15, 0.2) is 48.5 Å². The van der Waals surface area contributed by atoms with E-state index < -0.39 is 23.7 Å². The Hall–Kier alpha value is -2.89. The molecule has 1 aliphatic heterocycles. The normalized spacial score (nSPS) is 17.5. The Morgan fingerprint density at radius 3 is 2.57 bits per heavy atom. The maximum Gasteiger partial charge on any atom is 0.256 e. The van der Waals surface area contributed by atoms with E-state index in [0.29, 0.717) is 11.4 Å². The number of amides is 2. The summed E-state index contributed by atoms with van der Waals surface area (Å²) in [6.45, 7) is 0. The fraction of sp³-hybridized carbons (Fsp3) is 0.176. The number of hydrogen-bond acceptors (Lipinski definition) is 4. The van der Waals surface area contributed by atoms with Crippen molar-refractivity contribution in [1.82, 2.24) is 0 Å². The highest BCUT2D eigenvalue weighted by Gasteiger charge is 2.40. The summed E-state index contributed by atoms with van der Waals surface area (Å²) in [7, 11) is 1.52. The molecule has 1 atom stereocenters. The van der Waals surface area contributed by atoms with Crippen LogP contribution in [0.1, 0.15) is 6.42 Å². The molecule has 118 valence electrons. The average Bonchev–Trinajstić information content (AvgIpc) is 2.83. The molecule has 1 aliphatic rings. The summed E-state index contributed by atoms with van der Waals surface area (Å²) in [5, 5.41) is 3.00. The van der Waals surface area contributed by atoms with Crippen LogP contribution in [0, 0.1) is 5.82 Å². The van der Waals surface area contributed by atoms with Crippen molar-refractivity contribution in [2.75, 3.05) is 17.3 Å². The predicted octanol–water partition coefficient (Wildman–Crippen LogP) is 2.58. The summed E-state index contributed by atoms with van der Waals surface area (Å²) in [5.41, 5.74) is 0.586. The highest BCUT2D eigenvalue weighted by atomic mass is 19.1. The maximum absolute atomic E-state index is 13.9. The Morgan fingerprint density at radius 1 is 1.13 bits per heavy atom. The summed E-state index contributed by atoms with van der Waals surface area (Å²) in [6.07, 6.45) is -0.0365. The smallest absolute Gasteiger partial charge is 0.256 e. The van der Waals surface area contributed by atoms with Gasteiger partial charge >= 0.3 is 0 Å². The quantitative estimate of drug-likeness (QED) is 0.881. The fourth-order valence-corrected chi connectivity index (χ4v) is 2.58. The van der Waals surface area contributed by atoms with Gasteiger partial charge in [0, 0.05) is 0 Å². The molecule has 0 unspecified atom stereocenters. The largest absolute Gasteiger partial charge is 0.495 e. The predicted molar refractivity (Wildman–Crippen MR) is 83.9 cm³/mol. The first kappa shape index (κ1) is 15.0. The van der Waals surface area contributed by atoms with Gasteiger partial charge in [0.1, 0.15) is 17.6 Å². The van der Waals surface area contributed by atoms with E-state index in [1.54, 1.807) is 30.3 Å². The fourth-order valence-electron chi connectivity index (χ4n) is 2.58. The summed E-state index contributed by atoms with van der Waals surface area (Å²) in [6, 6.07) is 12.1. The van der Waals surface area contributed by atoms with E-state index in [0.717, 1.165) is 4.90 Å². The van der Waals surface area contributed by atoms with E-state index in [-0.39, 0.29) is 12.1 Å². The van der Waals surface area contributed by atoms with Gasteiger partial charge in [-0.25, -0.2) is 9.29 Å². The molecule has 1 N–H and O–H groups in total. The molecular weight excluding hydrogens is 299 g/mol. The standard InChI is InChI=1S/C17H15FN2O3/c1-23-15-9-5-3-7-12(15)19-13-10-16(21)20(17(13)22)14-8-4-2-6-11(14)18/h2-9,13,19H,10H2,1H3/t13-/m1/s1. The molecule has 6 heteroatoms. The zero-order chi connectivity index (χ0) is 16.4. The van der Waals surface area contributed by atoms with Gasteiger partial charge in [-0.15, -0.1) is 0 Å². The van der Waals surface area contributed by atoms with E-state index in [1.807, 2.05) is 0 Å². The Morgan fingerprint density at radius 2 is 1.83 bits per heavy atom. The number of ether oxygens (including phenoxy) is 1. The summed E-state index contributed by atoms with van der Waals surface area (Å²) in [5.74, 6) is -0.956. The Balaban J connectivity index is 1.86. The van der Waals surface area contributed by atoms with Crippen molar-refractivity contribution in [3.63, 3.8) is 0 Å². The minimum absolute atomic E-state index is 0.0215. The van der Waals surface area contributed by atoms with Gasteiger partial charge < -0.3 is 10.1 Å². The second-order valence-electron chi connectivity index (χ2n) is 5.12. The minimum atomic E-state index is -0.751. The lowest BCUT2D eigenvalue weighted by atomic mass is 10.2. The molecule has 23 heavy (non-hydrogen) atoms. The molecule has 0 saturated carbocycles. The average molecular weight is 314 g/mol. The van der Waals surface area contributed by atoms with Crippen molar-refractivity contribution < 1.29 is 18.7 Å². The lowest BCUT2D eigenvalue weighted by molar-refractivity contribution is -0.121. The van der Waals surface area contributed by atoms with E-state index in [4.69, 9.17) is 4.74 Å². The van der Waals surface area contributed by atoms with Crippen LogP contribution in [0.4, 0.5) is 15.8 Å². The van der Waals surface area contributed by atoms with Crippen LogP contribution in [0.3, 0.4) is 0 Å². The monoisotopic (exact) mass is 314 g/mol. The van der Waals surface area contributed by atoms with Crippen molar-refractivity contribution in [2.45, 2.75) is 12.5 Å². The molecule has 3 rings (SSSR count). The van der Waals surface area contributed by atoms with Crippen LogP contribution in [-0.2, 0) is 9.59 Å². The Kier molecular flexibility index (Phi) is 3.97. The second-order valence-corrected chi connectivity index (χ2v) is 5.12. The third kappa shape index (κ3) is 2.75. The third-order valence-electron chi connectivity index (χ3n) is 3.68. The van der Waals surface area contributed by atoms with Gasteiger partial charge in [-0.1, -0.05) is 24.3 Å². The molecule has 0 aliphatic carbocycles. The maximum atomic E-state index is 13.9. The van der Waals surface area contributed by atoms with E-state index in [9.17, 15) is 14.0 Å². The van der Waals surface area contributed by atoms with Gasteiger partial charge in [0.25, 0.3) is 5.91 Å². The number of nitrogens with one attached hydrogen (secondary N) is 1. The first-order valence-electron chi connectivity index (χ1n) is 7.12. The van der Waals surface area contributed by atoms with Crippen molar-refractivity contribution in [3.05, 3.63) is 54.3 Å². The van der Waals surface area contributed by atoms with Gasteiger partial charge in [0.05, 0.1) is 24.9 Å². The second kappa shape index (κ2) is 6.08. The van der Waals surface area contributed by atoms with Gasteiger partial charge in [0.15, 0.2) is 0 Å². The van der Waals surface area contributed by atoms with Gasteiger partial charge in [-0.05, 0) is 24.3 Å². The number of nitrogens with zero attached hydrogens (tertiary/aromatic N) is 1. The van der Waals surface area contributed by atoms with Crippen LogP contribution >= 0.6 is 0 Å². The number of para-hydroxylation sites is 3. The topological polar surface area (TPSA) is 58.6 Å². The number of imide groups is 1. The number of anilines is 2. The molecular formula is C17H15FN2O3. The van der Waals surface area contributed by atoms with Crippen LogP contribution in [0.2, 0.25) is 0 Å². The van der Waals surface area contributed by atoms with Crippen LogP contribution in [0.25, 0.3) is 0 Å². The lowest BCUT2D eigenvalue weighted by Crippen LogP contribution is -2.35. The first-order valence-corrected chi connectivity index (χ1v) is 7.12. The van der Waals surface area contributed by atoms with Crippen LogP contribution in [0.5, 0.6) is 5.75 Å². The van der Waals surface area contributed by atoms with E-state index in [2.05, 4.69) is 5.32 Å². The van der Waals surface area contributed by atoms with Crippen molar-refractivity contribution in [2.24, 2.45) is 0 Å². The van der Waals surface area contributed by atoms with E-state index in [1.165, 1.54) is 25.3 Å². The molecule has 0 aromatic heterocycles. The number of methoxy groups -OCH3 is 1. The third-order valence-corrected chi connectivity index (χ3v) is 3.68. The van der Waals surface area contributed by atoms with Crippen molar-refractivity contribution >= 4 is 23.2 Å². The lowest BCUT2D eigenvalue weighted by Gasteiger charge is -2.17. The summed E-state index contributed by atoms with van der Waals surface area (Å²) < 4.78 is 19.1. The number of carbonyl (C=O) groups excluding carboxylic acids is 2. The zero-order valence-electron chi connectivity index (χ0n) is 12.5. The number of hydrogen-bond donors (Lipinski definition) is 1. The minimum Gasteiger partial charge on any atom is -0.495 e. The molecule has 0 radical (unpaired) electrons. The molecule has 1 fully saturated rings. The van der Waals surface area contributed by atoms with Crippen molar-refractivity contribution in [3.8, 4) is 5.75 Å². The number of benzene rings is 2. The zero-order valence-corrected chi connectivity index (χ0v) is 12.5. The van der Waals surface area contributed by atoms with Crippen LogP contribution < -0.4 is 15.0 Å². The van der Waals surface area contributed by atoms with Crippen LogP contribution in [-0.4, -0.2) is 25.0 Å². The highest BCUT2D eigenvalue weighted by Crippen LogP contribution is 2.29. The van der Waals surface area contributed by atoms with Crippen molar-refractivity contribution in [1.29, 1.82) is 0 Å². The molecule has 0 bridgehead atoms. The molecule has 2 aromatic rings. The molecule has 2 amide bonds. The Bertz CT molecular complexity index is 763. The molecule has 2 aromatic carbocycles. The SMILES string of the molecule is COc1ccccc1N[C@@H]1CC(=O)N(c2ccccc2F)C1=O. The number of rotatable bonds is 4. The highest BCUT2D eigenvalue weighted by molar-refractivity contribution is 6.23. The van der Waals surface area contributed by atoms with Gasteiger partial charge in [-0.2, -0.15) is 0 Å². The number of halogens is 1. The molecule has 1 heterocycles. The van der Waals surface area contributed by atoms with E-state index >= 15 is 0 Å². The number of carbonyl (C=O) groups is 2. The van der Waals surface area contributed by atoms with Gasteiger partial charge in [0.2, 0.25) is 5.91 Å². The molecule has 5 nitrogen and oxygen atoms in total.